The fourth-order valence-electron chi connectivity index (χ4n) is 7.47. The Morgan fingerprint density at radius 2 is 1.74 bits per heavy atom. The number of carboxylic acid groups (broad SMARTS) is 1. The molecule has 8 atom stereocenters. The number of carbonyl (C=O) groups is 3. The average molecular weight is 577 g/mol. The number of phenolic OH excluding ortho intramolecular Hbond substituents is 1. The van der Waals surface area contributed by atoms with Gasteiger partial charge in [0, 0.05) is 16.0 Å². The second-order valence-electron chi connectivity index (χ2n) is 10.8. The van der Waals surface area contributed by atoms with Crippen LogP contribution in [0.1, 0.15) is 36.6 Å². The Hall–Kier alpha value is -2.57. The summed E-state index contributed by atoms with van der Waals surface area (Å²) in [5.41, 5.74) is 0.877. The number of H-pyrrole nitrogens is 1. The van der Waals surface area contributed by atoms with Gasteiger partial charge in [-0.1, -0.05) is 13.8 Å². The third-order valence-corrected chi connectivity index (χ3v) is 11.7. The molecule has 12 heteroatoms. The van der Waals surface area contributed by atoms with E-state index in [1.807, 2.05) is 0 Å². The fourth-order valence-corrected chi connectivity index (χ4v) is 10.8. The first-order valence-electron chi connectivity index (χ1n) is 12.5. The number of methoxy groups -OCH3 is 2. The minimum Gasteiger partial charge on any atom is -0.502 e. The molecule has 38 heavy (non-hydrogen) atoms. The first-order valence-corrected chi connectivity index (χ1v) is 14.6. The highest BCUT2D eigenvalue weighted by Gasteiger charge is 2.70. The van der Waals surface area contributed by atoms with Crippen LogP contribution in [-0.2, 0) is 14.4 Å². The zero-order valence-corrected chi connectivity index (χ0v) is 23.6. The van der Waals surface area contributed by atoms with Crippen molar-refractivity contribution < 1.29 is 34.1 Å². The molecule has 2 aromatic rings. The van der Waals surface area contributed by atoms with Gasteiger partial charge in [0.1, 0.15) is 6.04 Å². The van der Waals surface area contributed by atoms with Crippen molar-refractivity contribution in [2.75, 3.05) is 14.2 Å². The zero-order valence-electron chi connectivity index (χ0n) is 21.2. The van der Waals surface area contributed by atoms with Crippen molar-refractivity contribution >= 4 is 53.1 Å². The zero-order chi connectivity index (χ0) is 27.2. The lowest BCUT2D eigenvalue weighted by Crippen LogP contribution is -2.49. The topological polar surface area (TPSA) is 129 Å². The minimum absolute atomic E-state index is 0.0122. The van der Waals surface area contributed by atoms with Gasteiger partial charge in [0.15, 0.2) is 15.5 Å². The van der Waals surface area contributed by atoms with E-state index in [-0.39, 0.29) is 58.0 Å². The van der Waals surface area contributed by atoms with Crippen molar-refractivity contribution in [2.45, 2.75) is 42.5 Å². The highest BCUT2D eigenvalue weighted by atomic mass is 32.2. The maximum atomic E-state index is 13.8. The number of fused-ring (bicyclic) bond motifs is 9. The number of carbonyl (C=O) groups excluding carboxylic acids is 2. The van der Waals surface area contributed by atoms with Crippen LogP contribution in [-0.4, -0.2) is 63.4 Å². The number of ether oxygens (including phenoxy) is 2. The smallest absolute Gasteiger partial charge is 0.327 e. The third-order valence-electron chi connectivity index (χ3n) is 8.78. The molecule has 2 saturated carbocycles. The fraction of sp³-hybridized carbons (Fsp3) is 0.538. The highest BCUT2D eigenvalue weighted by molar-refractivity contribution is 8.00. The van der Waals surface area contributed by atoms with Crippen LogP contribution in [0, 0.1) is 39.5 Å². The van der Waals surface area contributed by atoms with E-state index in [9.17, 15) is 24.6 Å². The summed E-state index contributed by atoms with van der Waals surface area (Å²) in [5.74, 6) is -3.11. The van der Waals surface area contributed by atoms with Gasteiger partial charge < -0.3 is 24.7 Å². The lowest BCUT2D eigenvalue weighted by atomic mass is 9.68. The van der Waals surface area contributed by atoms with Gasteiger partial charge in [-0.3, -0.25) is 14.5 Å². The van der Waals surface area contributed by atoms with E-state index in [2.05, 4.69) is 4.98 Å². The van der Waals surface area contributed by atoms with Crippen LogP contribution >= 0.6 is 35.3 Å². The summed E-state index contributed by atoms with van der Waals surface area (Å²) in [6.07, 6.45) is 0.737. The number of nitrogens with one attached hydrogen (secondary N) is 1. The van der Waals surface area contributed by atoms with Gasteiger partial charge in [-0.05, 0) is 60.0 Å². The molecule has 9 nitrogen and oxygen atoms in total. The Bertz CT molecular complexity index is 1390. The number of aromatic nitrogens is 1. The number of aromatic amines is 1. The average Bonchev–Trinajstić information content (AvgIpc) is 3.59. The summed E-state index contributed by atoms with van der Waals surface area (Å²) < 4.78 is 11.5. The number of hydrogen-bond donors (Lipinski definition) is 3. The van der Waals surface area contributed by atoms with E-state index >= 15 is 0 Å². The van der Waals surface area contributed by atoms with Crippen molar-refractivity contribution in [2.24, 2.45) is 35.5 Å². The Kier molecular flexibility index (Phi) is 6.08. The molecule has 1 saturated heterocycles. The quantitative estimate of drug-likeness (QED) is 0.344. The van der Waals surface area contributed by atoms with Crippen LogP contribution in [0.2, 0.25) is 0 Å². The normalized spacial score (nSPS) is 31.8. The second-order valence-corrected chi connectivity index (χ2v) is 13.7. The molecule has 1 aromatic heterocycles. The maximum Gasteiger partial charge on any atom is 0.327 e. The number of thiazole rings is 1. The monoisotopic (exact) mass is 576 g/mol. The summed E-state index contributed by atoms with van der Waals surface area (Å²) >= 11 is 8.69. The molecule has 4 aliphatic rings. The van der Waals surface area contributed by atoms with Crippen LogP contribution in [0.3, 0.4) is 0 Å². The van der Waals surface area contributed by atoms with Gasteiger partial charge in [0.25, 0.3) is 0 Å². The number of imide groups is 1. The molecular weight excluding hydrogens is 548 g/mol. The van der Waals surface area contributed by atoms with Crippen molar-refractivity contribution in [3.05, 3.63) is 26.5 Å². The first-order chi connectivity index (χ1) is 18.1. The molecule has 2 aliphatic carbocycles. The van der Waals surface area contributed by atoms with Crippen LogP contribution in [0.5, 0.6) is 17.2 Å². The van der Waals surface area contributed by atoms with Crippen LogP contribution in [0.15, 0.2) is 17.2 Å². The van der Waals surface area contributed by atoms with E-state index in [1.165, 1.54) is 25.6 Å². The predicted octanol–water partition coefficient (Wildman–Crippen LogP) is 4.11. The summed E-state index contributed by atoms with van der Waals surface area (Å²) in [4.78, 5) is 45.0. The van der Waals surface area contributed by atoms with Crippen LogP contribution in [0.4, 0.5) is 0 Å². The molecule has 3 fully saturated rings. The van der Waals surface area contributed by atoms with Gasteiger partial charge in [0.2, 0.25) is 17.6 Å². The number of aliphatic carboxylic acids is 1. The molecule has 0 radical (unpaired) electrons. The lowest BCUT2D eigenvalue weighted by Gasteiger charge is -2.43. The summed E-state index contributed by atoms with van der Waals surface area (Å²) in [6.45, 7) is 3.44. The Morgan fingerprint density at radius 1 is 1.13 bits per heavy atom. The number of amides is 2. The van der Waals surface area contributed by atoms with E-state index < -0.39 is 29.8 Å². The van der Waals surface area contributed by atoms with Gasteiger partial charge in [-0.2, -0.15) is 0 Å². The molecule has 2 bridgehead atoms. The number of rotatable bonds is 6. The SMILES string of the molecule is COc1cc(C2c3sc(=S)[nH]c3SC3C4CC(C5C(=O)N(C(C(=O)O)C(C)C)C(=O)C45)C23)cc(OC)c1O. The van der Waals surface area contributed by atoms with E-state index in [4.69, 9.17) is 21.7 Å². The highest BCUT2D eigenvalue weighted by Crippen LogP contribution is 2.69. The van der Waals surface area contributed by atoms with Crippen LogP contribution in [0.25, 0.3) is 0 Å². The molecule has 8 unspecified atom stereocenters. The summed E-state index contributed by atoms with van der Waals surface area (Å²) in [6, 6.07) is 2.44. The first kappa shape index (κ1) is 25.7. The number of aromatic hydroxyl groups is 1. The second kappa shape index (κ2) is 8.99. The number of likely N-dealkylation sites (tertiary alicyclic amines) is 1. The Balaban J connectivity index is 1.47. The summed E-state index contributed by atoms with van der Waals surface area (Å²) in [5, 5.41) is 21.4. The molecule has 3 N–H and O–H groups in total. The lowest BCUT2D eigenvalue weighted by molar-refractivity contribution is -0.157. The van der Waals surface area contributed by atoms with Gasteiger partial charge >= 0.3 is 5.97 Å². The molecule has 0 spiro atoms. The number of benzene rings is 1. The number of phenols is 1. The van der Waals surface area contributed by atoms with Gasteiger partial charge in [-0.15, -0.1) is 23.1 Å². The molecule has 2 aliphatic heterocycles. The molecule has 202 valence electrons. The van der Waals surface area contributed by atoms with Crippen LogP contribution < -0.4 is 9.47 Å². The van der Waals surface area contributed by atoms with Gasteiger partial charge in [-0.25, -0.2) is 4.79 Å². The van der Waals surface area contributed by atoms with Crippen molar-refractivity contribution in [1.29, 1.82) is 0 Å². The Morgan fingerprint density at radius 3 is 2.29 bits per heavy atom. The van der Waals surface area contributed by atoms with E-state index in [1.54, 1.807) is 37.7 Å². The number of thioether (sulfide) groups is 1. The number of carboxylic acids is 1. The third kappa shape index (κ3) is 3.42. The molecular formula is C26H28N2O7S3. The van der Waals surface area contributed by atoms with Crippen molar-refractivity contribution in [1.82, 2.24) is 9.88 Å². The predicted molar refractivity (Wildman–Crippen MR) is 142 cm³/mol. The standard InChI is InChI=1S/C26H28N2O7S3/c1-8(2)18(25(32)33)28-23(30)16-10-7-11(17(16)24(28)31)20-15(10)14(21-22(37-20)27-26(36)38-21)9-5-12(34-3)19(29)13(6-9)35-4/h5-6,8,10-11,14-18,20,29H,7H2,1-4H3,(H,27,36)(H,32,33). The number of nitrogens with zero attached hydrogens (tertiary/aromatic N) is 1. The van der Waals surface area contributed by atoms with Crippen molar-refractivity contribution in [3.8, 4) is 17.2 Å². The van der Waals surface area contributed by atoms with E-state index in [0.29, 0.717) is 3.95 Å². The molecule has 1 aromatic carbocycles. The maximum absolute atomic E-state index is 13.8. The van der Waals surface area contributed by atoms with E-state index in [0.717, 1.165) is 26.8 Å². The van der Waals surface area contributed by atoms with Gasteiger partial charge in [0.05, 0.1) is 31.1 Å². The molecule has 3 heterocycles. The summed E-state index contributed by atoms with van der Waals surface area (Å²) in [7, 11) is 2.97. The van der Waals surface area contributed by atoms with Crippen molar-refractivity contribution in [3.63, 3.8) is 0 Å². The molecule has 6 rings (SSSR count). The minimum atomic E-state index is -1.17. The molecule has 2 amide bonds. The number of hydrogen-bond acceptors (Lipinski definition) is 9. The Labute approximate surface area is 232 Å². The largest absolute Gasteiger partial charge is 0.502 e.